The summed E-state index contributed by atoms with van der Waals surface area (Å²) in [6.45, 7) is 3.91. The lowest BCUT2D eigenvalue weighted by atomic mass is 10.1. The van der Waals surface area contributed by atoms with Gasteiger partial charge in [-0.05, 0) is 25.7 Å². The van der Waals surface area contributed by atoms with E-state index in [4.69, 9.17) is 0 Å². The fourth-order valence-corrected chi connectivity index (χ4v) is 1.36. The van der Waals surface area contributed by atoms with Gasteiger partial charge in [0, 0.05) is 12.8 Å². The zero-order valence-corrected chi connectivity index (χ0v) is 11.2. The molecule has 0 atom stereocenters. The molecule has 0 aromatic heterocycles. The van der Waals surface area contributed by atoms with Gasteiger partial charge in [-0.15, -0.1) is 0 Å². The first-order valence-electron chi connectivity index (χ1n) is 6.08. The molecule has 0 aliphatic heterocycles. The summed E-state index contributed by atoms with van der Waals surface area (Å²) in [5.41, 5.74) is 1.00. The van der Waals surface area contributed by atoms with Crippen LogP contribution in [0.5, 0.6) is 0 Å². The van der Waals surface area contributed by atoms with Gasteiger partial charge < -0.3 is 9.47 Å². The predicted molar refractivity (Wildman–Crippen MR) is 70.0 cm³/mol. The number of hydrogen-bond donors (Lipinski definition) is 0. The maximum absolute atomic E-state index is 10.9. The highest BCUT2D eigenvalue weighted by molar-refractivity contribution is 5.69. The second kappa shape index (κ2) is 10.6. The maximum Gasteiger partial charge on any atom is 0.305 e. The number of rotatable bonds is 9. The molecule has 0 unspecified atom stereocenters. The third-order valence-corrected chi connectivity index (χ3v) is 2.45. The standard InChI is InChI=1S/C14H22O4/c1-12(8-4-6-10-13(15)17-2)9-5-7-11-14(16)18-3/h4,8H,1,5-7,9-11H2,2-3H3/b8-4+. The number of allylic oxidation sites excluding steroid dienone is 3. The van der Waals surface area contributed by atoms with Crippen LogP contribution in [0.2, 0.25) is 0 Å². The molecular weight excluding hydrogens is 232 g/mol. The van der Waals surface area contributed by atoms with Crippen molar-refractivity contribution in [3.63, 3.8) is 0 Å². The SMILES string of the molecule is C=C(/C=C/CCC(=O)OC)CCCCC(=O)OC. The molecule has 0 aliphatic rings. The van der Waals surface area contributed by atoms with Crippen molar-refractivity contribution >= 4 is 11.9 Å². The Kier molecular flexibility index (Phi) is 9.64. The smallest absolute Gasteiger partial charge is 0.305 e. The molecule has 102 valence electrons. The average Bonchev–Trinajstić information content (AvgIpc) is 2.38. The van der Waals surface area contributed by atoms with Gasteiger partial charge in [-0.3, -0.25) is 9.59 Å². The van der Waals surface area contributed by atoms with Gasteiger partial charge in [0.2, 0.25) is 0 Å². The lowest BCUT2D eigenvalue weighted by molar-refractivity contribution is -0.141. The van der Waals surface area contributed by atoms with Gasteiger partial charge in [0.15, 0.2) is 0 Å². The molecule has 4 nitrogen and oxygen atoms in total. The van der Waals surface area contributed by atoms with Crippen LogP contribution in [0.3, 0.4) is 0 Å². The van der Waals surface area contributed by atoms with E-state index in [9.17, 15) is 9.59 Å². The molecule has 0 aromatic rings. The quantitative estimate of drug-likeness (QED) is 0.360. The van der Waals surface area contributed by atoms with E-state index in [0.717, 1.165) is 24.8 Å². The number of carbonyl (C=O) groups is 2. The largest absolute Gasteiger partial charge is 0.469 e. The van der Waals surface area contributed by atoms with Crippen molar-refractivity contribution < 1.29 is 19.1 Å². The number of hydrogen-bond acceptors (Lipinski definition) is 4. The minimum atomic E-state index is -0.205. The van der Waals surface area contributed by atoms with Gasteiger partial charge in [0.25, 0.3) is 0 Å². The van der Waals surface area contributed by atoms with Gasteiger partial charge >= 0.3 is 11.9 Å². The van der Waals surface area contributed by atoms with Crippen molar-refractivity contribution in [2.24, 2.45) is 0 Å². The fourth-order valence-electron chi connectivity index (χ4n) is 1.36. The second-order valence-corrected chi connectivity index (χ2v) is 3.96. The van der Waals surface area contributed by atoms with Crippen LogP contribution >= 0.6 is 0 Å². The molecule has 0 saturated heterocycles. The third-order valence-electron chi connectivity index (χ3n) is 2.45. The van der Waals surface area contributed by atoms with Crippen molar-refractivity contribution in [1.29, 1.82) is 0 Å². The minimum Gasteiger partial charge on any atom is -0.469 e. The Morgan fingerprint density at radius 3 is 2.17 bits per heavy atom. The molecular formula is C14H22O4. The van der Waals surface area contributed by atoms with Crippen LogP contribution in [0.15, 0.2) is 24.3 Å². The van der Waals surface area contributed by atoms with Crippen LogP contribution < -0.4 is 0 Å². The Balaban J connectivity index is 3.56. The Hall–Kier alpha value is -1.58. The molecule has 0 N–H and O–H groups in total. The zero-order valence-electron chi connectivity index (χ0n) is 11.2. The fraction of sp³-hybridized carbons (Fsp3) is 0.571. The van der Waals surface area contributed by atoms with Crippen molar-refractivity contribution in [3.05, 3.63) is 24.3 Å². The monoisotopic (exact) mass is 254 g/mol. The zero-order chi connectivity index (χ0) is 13.8. The topological polar surface area (TPSA) is 52.6 Å². The van der Waals surface area contributed by atoms with Crippen LogP contribution in [0.25, 0.3) is 0 Å². The number of carbonyl (C=O) groups excluding carboxylic acids is 2. The van der Waals surface area contributed by atoms with E-state index in [2.05, 4.69) is 16.1 Å². The molecule has 0 amide bonds. The molecule has 18 heavy (non-hydrogen) atoms. The predicted octanol–water partition coefficient (Wildman–Crippen LogP) is 2.79. The summed E-state index contributed by atoms with van der Waals surface area (Å²) in [5, 5.41) is 0. The van der Waals surface area contributed by atoms with E-state index < -0.39 is 0 Å². The Bertz CT molecular complexity index is 305. The van der Waals surface area contributed by atoms with Crippen molar-refractivity contribution in [2.45, 2.75) is 38.5 Å². The van der Waals surface area contributed by atoms with Gasteiger partial charge in [-0.1, -0.05) is 24.3 Å². The molecule has 0 spiro atoms. The van der Waals surface area contributed by atoms with Gasteiger partial charge in [-0.2, -0.15) is 0 Å². The summed E-state index contributed by atoms with van der Waals surface area (Å²) >= 11 is 0. The van der Waals surface area contributed by atoms with Gasteiger partial charge in [0.1, 0.15) is 0 Å². The highest BCUT2D eigenvalue weighted by Gasteiger charge is 1.99. The first kappa shape index (κ1) is 16.4. The number of esters is 2. The van der Waals surface area contributed by atoms with Crippen LogP contribution in [0, 0.1) is 0 Å². The van der Waals surface area contributed by atoms with E-state index >= 15 is 0 Å². The summed E-state index contributed by atoms with van der Waals surface area (Å²) < 4.78 is 9.08. The van der Waals surface area contributed by atoms with Gasteiger partial charge in [0.05, 0.1) is 14.2 Å². The lowest BCUT2D eigenvalue weighted by Gasteiger charge is -2.00. The second-order valence-electron chi connectivity index (χ2n) is 3.96. The summed E-state index contributed by atoms with van der Waals surface area (Å²) in [6, 6.07) is 0. The highest BCUT2D eigenvalue weighted by Crippen LogP contribution is 2.09. The molecule has 0 fully saturated rings. The molecule has 0 aliphatic carbocycles. The molecule has 0 aromatic carbocycles. The normalized spacial score (nSPS) is 10.3. The van der Waals surface area contributed by atoms with E-state index in [-0.39, 0.29) is 11.9 Å². The molecule has 0 saturated carbocycles. The maximum atomic E-state index is 10.9. The number of unbranched alkanes of at least 4 members (excludes halogenated alkanes) is 1. The van der Waals surface area contributed by atoms with E-state index in [0.29, 0.717) is 19.3 Å². The van der Waals surface area contributed by atoms with Crippen molar-refractivity contribution in [1.82, 2.24) is 0 Å². The summed E-state index contributed by atoms with van der Waals surface area (Å²) in [7, 11) is 2.78. The van der Waals surface area contributed by atoms with Crippen LogP contribution in [-0.2, 0) is 19.1 Å². The minimum absolute atomic E-state index is 0.172. The number of methoxy groups -OCH3 is 2. The third kappa shape index (κ3) is 9.63. The van der Waals surface area contributed by atoms with Crippen LogP contribution in [0.4, 0.5) is 0 Å². The Morgan fingerprint density at radius 1 is 1.00 bits per heavy atom. The first-order chi connectivity index (χ1) is 8.60. The lowest BCUT2D eigenvalue weighted by Crippen LogP contribution is -1.99. The van der Waals surface area contributed by atoms with Gasteiger partial charge in [-0.25, -0.2) is 0 Å². The Labute approximate surface area is 109 Å². The Morgan fingerprint density at radius 2 is 1.56 bits per heavy atom. The van der Waals surface area contributed by atoms with Crippen LogP contribution in [-0.4, -0.2) is 26.2 Å². The summed E-state index contributed by atoms with van der Waals surface area (Å²) in [4.78, 5) is 21.7. The molecule has 4 heteroatoms. The highest BCUT2D eigenvalue weighted by atomic mass is 16.5. The molecule has 0 heterocycles. The average molecular weight is 254 g/mol. The summed E-state index contributed by atoms with van der Waals surface area (Å²) in [6.07, 6.45) is 7.91. The van der Waals surface area contributed by atoms with E-state index in [1.54, 1.807) is 0 Å². The molecule has 0 radical (unpaired) electrons. The van der Waals surface area contributed by atoms with E-state index in [1.165, 1.54) is 14.2 Å². The number of ether oxygens (including phenoxy) is 2. The van der Waals surface area contributed by atoms with Crippen molar-refractivity contribution in [3.8, 4) is 0 Å². The van der Waals surface area contributed by atoms with Crippen LogP contribution in [0.1, 0.15) is 38.5 Å². The summed E-state index contributed by atoms with van der Waals surface area (Å²) in [5.74, 6) is -0.377. The van der Waals surface area contributed by atoms with E-state index in [1.807, 2.05) is 12.2 Å². The first-order valence-corrected chi connectivity index (χ1v) is 6.08. The molecule has 0 rings (SSSR count). The molecule has 0 bridgehead atoms. The van der Waals surface area contributed by atoms with Crippen molar-refractivity contribution in [2.75, 3.05) is 14.2 Å².